The maximum absolute atomic E-state index is 6.97. The summed E-state index contributed by atoms with van der Waals surface area (Å²) < 4.78 is 6.97. The van der Waals surface area contributed by atoms with Gasteiger partial charge in [-0.25, -0.2) is 0 Å². The molecule has 11 rings (SSSR count). The van der Waals surface area contributed by atoms with Gasteiger partial charge in [-0.1, -0.05) is 175 Å². The molecule has 0 saturated carbocycles. The molecule has 2 aliphatic carbocycles. The molecule has 9 aromatic rings. The molecule has 0 N–H and O–H groups in total. The molecule has 8 aromatic carbocycles. The van der Waals surface area contributed by atoms with Crippen LogP contribution in [0.15, 0.2) is 210 Å². The fraction of sp³-hybridized carbons (Fsp3) is 0.0357. The highest BCUT2D eigenvalue weighted by Crippen LogP contribution is 2.42. The van der Waals surface area contributed by atoms with E-state index in [1.807, 2.05) is 6.07 Å². The fourth-order valence-electron chi connectivity index (χ4n) is 8.83. The van der Waals surface area contributed by atoms with Crippen LogP contribution in [0.5, 0.6) is 0 Å². The van der Waals surface area contributed by atoms with Crippen LogP contribution in [-0.4, -0.2) is 0 Å². The zero-order valence-corrected chi connectivity index (χ0v) is 31.8. The Balaban J connectivity index is 1.19. The first kappa shape index (κ1) is 33.7. The molecular formula is C56H37NO. The highest BCUT2D eigenvalue weighted by atomic mass is 16.3. The molecule has 0 bridgehead atoms. The van der Waals surface area contributed by atoms with Gasteiger partial charge in [0.1, 0.15) is 11.0 Å². The first-order valence-electron chi connectivity index (χ1n) is 20.0. The van der Waals surface area contributed by atoms with Crippen molar-refractivity contribution in [2.45, 2.75) is 12.8 Å². The van der Waals surface area contributed by atoms with Crippen molar-refractivity contribution in [1.82, 2.24) is 0 Å². The van der Waals surface area contributed by atoms with Gasteiger partial charge in [0.25, 0.3) is 0 Å². The molecular weight excluding hydrogens is 703 g/mol. The van der Waals surface area contributed by atoms with E-state index in [-0.39, 0.29) is 0 Å². The molecule has 1 aromatic heterocycles. The largest absolute Gasteiger partial charge is 0.456 e. The lowest BCUT2D eigenvalue weighted by atomic mass is 9.93. The summed E-state index contributed by atoms with van der Waals surface area (Å²) >= 11 is 0. The summed E-state index contributed by atoms with van der Waals surface area (Å²) in [5, 5.41) is 6.95. The van der Waals surface area contributed by atoms with Gasteiger partial charge in [0, 0.05) is 43.8 Å². The Kier molecular flexibility index (Phi) is 8.23. The second-order valence-corrected chi connectivity index (χ2v) is 14.9. The summed E-state index contributed by atoms with van der Waals surface area (Å²) in [6.45, 7) is 0. The summed E-state index contributed by atoms with van der Waals surface area (Å²) in [6, 6.07) is 65.1. The summed E-state index contributed by atoms with van der Waals surface area (Å²) in [6.07, 6.45) is 8.32. The maximum atomic E-state index is 6.97. The number of hydrogen-bond acceptors (Lipinski definition) is 2. The SMILES string of the molecule is C1=C=C(c2ccccc2N(C2=c3c(oc4c3cc(-c3ccc(-c5ccccc5)cc3)c3ccccc34)=CCC2)c2cccc3ccccc23)C=CC=1c1ccccc1. The van der Waals surface area contributed by atoms with E-state index < -0.39 is 0 Å². The quantitative estimate of drug-likeness (QED) is 0.151. The Morgan fingerprint density at radius 3 is 1.84 bits per heavy atom. The number of rotatable bonds is 7. The van der Waals surface area contributed by atoms with E-state index in [9.17, 15) is 0 Å². The van der Waals surface area contributed by atoms with Crippen LogP contribution in [0.25, 0.3) is 77.7 Å². The van der Waals surface area contributed by atoms with Crippen LogP contribution in [0.3, 0.4) is 0 Å². The number of furan rings is 1. The van der Waals surface area contributed by atoms with Crippen molar-refractivity contribution in [3.05, 3.63) is 227 Å². The lowest BCUT2D eigenvalue weighted by Crippen LogP contribution is -2.33. The lowest BCUT2D eigenvalue weighted by molar-refractivity contribution is 0.573. The Hall–Kier alpha value is -7.60. The molecule has 0 atom stereocenters. The van der Waals surface area contributed by atoms with Gasteiger partial charge in [-0.2, -0.15) is 0 Å². The van der Waals surface area contributed by atoms with Crippen LogP contribution in [-0.2, 0) is 0 Å². The van der Waals surface area contributed by atoms with Gasteiger partial charge >= 0.3 is 0 Å². The minimum atomic E-state index is 0.843. The van der Waals surface area contributed by atoms with E-state index in [1.54, 1.807) is 0 Å². The van der Waals surface area contributed by atoms with Gasteiger partial charge in [-0.15, -0.1) is 0 Å². The van der Waals surface area contributed by atoms with E-state index in [2.05, 4.69) is 211 Å². The smallest absolute Gasteiger partial charge is 0.143 e. The molecule has 1 heterocycles. The molecule has 0 saturated heterocycles. The molecule has 0 aliphatic heterocycles. The Morgan fingerprint density at radius 2 is 1.05 bits per heavy atom. The van der Waals surface area contributed by atoms with Crippen LogP contribution in [0, 0.1) is 0 Å². The minimum Gasteiger partial charge on any atom is -0.456 e. The highest BCUT2D eigenvalue weighted by Gasteiger charge is 2.26. The minimum absolute atomic E-state index is 0.843. The summed E-state index contributed by atoms with van der Waals surface area (Å²) in [5.41, 5.74) is 21.3. The molecule has 0 unspecified atom stereocenters. The van der Waals surface area contributed by atoms with Gasteiger partial charge < -0.3 is 9.32 Å². The predicted octanol–water partition coefficient (Wildman–Crippen LogP) is 13.4. The molecule has 2 nitrogen and oxygen atoms in total. The van der Waals surface area contributed by atoms with E-state index in [0.29, 0.717) is 0 Å². The molecule has 0 spiro atoms. The van der Waals surface area contributed by atoms with Crippen molar-refractivity contribution >= 4 is 66.8 Å². The average Bonchev–Trinajstić information content (AvgIpc) is 3.69. The van der Waals surface area contributed by atoms with Gasteiger partial charge in [0.2, 0.25) is 0 Å². The molecule has 0 fully saturated rings. The number of nitrogens with zero attached hydrogens (tertiary/aromatic N) is 1. The first-order valence-corrected chi connectivity index (χ1v) is 20.0. The van der Waals surface area contributed by atoms with Crippen molar-refractivity contribution in [3.63, 3.8) is 0 Å². The number of fused-ring (bicyclic) bond motifs is 6. The molecule has 2 heteroatoms. The van der Waals surface area contributed by atoms with Crippen molar-refractivity contribution in [2.24, 2.45) is 0 Å². The van der Waals surface area contributed by atoms with Crippen LogP contribution in [0.2, 0.25) is 0 Å². The van der Waals surface area contributed by atoms with Gasteiger partial charge in [0.05, 0.1) is 11.4 Å². The van der Waals surface area contributed by atoms with Crippen LogP contribution < -0.4 is 15.5 Å². The number of anilines is 2. The third-order valence-corrected chi connectivity index (χ3v) is 11.6. The zero-order valence-electron chi connectivity index (χ0n) is 31.8. The van der Waals surface area contributed by atoms with Crippen molar-refractivity contribution in [2.75, 3.05) is 4.90 Å². The third kappa shape index (κ3) is 5.76. The molecule has 2 aliphatic rings. The van der Waals surface area contributed by atoms with Crippen LogP contribution in [0.1, 0.15) is 24.0 Å². The van der Waals surface area contributed by atoms with Gasteiger partial charge in [0.15, 0.2) is 0 Å². The van der Waals surface area contributed by atoms with Crippen molar-refractivity contribution in [3.8, 4) is 22.3 Å². The van der Waals surface area contributed by atoms with E-state index >= 15 is 0 Å². The van der Waals surface area contributed by atoms with E-state index in [4.69, 9.17) is 4.42 Å². The topological polar surface area (TPSA) is 16.4 Å². The average molecular weight is 740 g/mol. The lowest BCUT2D eigenvalue weighted by Gasteiger charge is -2.31. The van der Waals surface area contributed by atoms with Crippen molar-refractivity contribution in [1.29, 1.82) is 0 Å². The Bertz CT molecular complexity index is 3330. The van der Waals surface area contributed by atoms with E-state index in [1.165, 1.54) is 44.1 Å². The molecule has 0 radical (unpaired) electrons. The van der Waals surface area contributed by atoms with E-state index in [0.717, 1.165) is 73.5 Å². The van der Waals surface area contributed by atoms with Crippen LogP contribution in [0.4, 0.5) is 11.4 Å². The normalized spacial score (nSPS) is 13.3. The number of para-hydroxylation sites is 1. The van der Waals surface area contributed by atoms with Crippen LogP contribution >= 0.6 is 0 Å². The standard InChI is InChI=1S/C56H37NO/c1-3-15-38(16-4-1)40-29-33-43(34-30-40)46-22-11-12-25-51(46)57(52-26-13-20-42-19-7-8-21-45(42)52)53-27-14-28-54-55(53)50-37-49(47-23-9-10-24-48(47)56(50)58-54)44-35-31-41(32-36-44)39-17-5-2-6-18-39/h1-13,15-26,28-29,31-33,35-37H,14,27H2. The number of hydrogen-bond donors (Lipinski definition) is 0. The Morgan fingerprint density at radius 1 is 0.448 bits per heavy atom. The van der Waals surface area contributed by atoms with Gasteiger partial charge in [-0.3, -0.25) is 0 Å². The Labute approximate surface area is 337 Å². The maximum Gasteiger partial charge on any atom is 0.143 e. The first-order chi connectivity index (χ1) is 28.8. The molecule has 58 heavy (non-hydrogen) atoms. The molecule has 0 amide bonds. The third-order valence-electron chi connectivity index (χ3n) is 11.6. The fourth-order valence-corrected chi connectivity index (χ4v) is 8.83. The molecule has 272 valence electrons. The second kappa shape index (κ2) is 14.2. The summed E-state index contributed by atoms with van der Waals surface area (Å²) in [5.74, 6) is 0. The zero-order chi connectivity index (χ0) is 38.4. The summed E-state index contributed by atoms with van der Waals surface area (Å²) in [4.78, 5) is 2.50. The second-order valence-electron chi connectivity index (χ2n) is 14.9. The highest BCUT2D eigenvalue weighted by molar-refractivity contribution is 6.13. The van der Waals surface area contributed by atoms with Gasteiger partial charge in [-0.05, 0) is 87.9 Å². The number of benzene rings is 8. The predicted molar refractivity (Wildman–Crippen MR) is 243 cm³/mol. The van der Waals surface area contributed by atoms with Crippen molar-refractivity contribution < 1.29 is 4.42 Å². The monoisotopic (exact) mass is 739 g/mol. The number of allylic oxidation sites excluding steroid dienone is 4. The summed E-state index contributed by atoms with van der Waals surface area (Å²) in [7, 11) is 0.